The zero-order valence-electron chi connectivity index (χ0n) is 10.4. The number of rotatable bonds is 3. The van der Waals surface area contributed by atoms with Crippen LogP contribution >= 0.6 is 0 Å². The zero-order chi connectivity index (χ0) is 11.9. The van der Waals surface area contributed by atoms with Crippen LogP contribution in [0.1, 0.15) is 25.7 Å². The van der Waals surface area contributed by atoms with Crippen LogP contribution in [-0.2, 0) is 0 Å². The second kappa shape index (κ2) is 3.97. The molecule has 2 saturated carbocycles. The molecule has 0 radical (unpaired) electrons. The molecule has 2 heterocycles. The molecule has 0 spiro atoms. The number of hydrogen-bond acceptors (Lipinski definition) is 3. The predicted molar refractivity (Wildman–Crippen MR) is 71.3 cm³/mol. The van der Waals surface area contributed by atoms with Crippen molar-refractivity contribution in [2.24, 2.45) is 17.8 Å². The Morgan fingerprint density at radius 1 is 1.28 bits per heavy atom. The van der Waals surface area contributed by atoms with Crippen molar-refractivity contribution in [2.45, 2.75) is 25.7 Å². The summed E-state index contributed by atoms with van der Waals surface area (Å²) in [4.78, 5) is 11.7. The molecule has 94 valence electrons. The lowest BCUT2D eigenvalue weighted by Gasteiger charge is -2.22. The summed E-state index contributed by atoms with van der Waals surface area (Å²) in [5, 5.41) is 4.63. The van der Waals surface area contributed by atoms with Crippen LogP contribution in [-0.4, -0.2) is 21.5 Å². The number of aromatic nitrogens is 3. The summed E-state index contributed by atoms with van der Waals surface area (Å²) in [5.74, 6) is 3.81. The van der Waals surface area contributed by atoms with Gasteiger partial charge in [0.25, 0.3) is 0 Å². The number of nitrogens with one attached hydrogen (secondary N) is 2. The van der Waals surface area contributed by atoms with Gasteiger partial charge in [-0.2, -0.15) is 0 Å². The Hall–Kier alpha value is -1.58. The van der Waals surface area contributed by atoms with Crippen molar-refractivity contribution in [3.8, 4) is 0 Å². The summed E-state index contributed by atoms with van der Waals surface area (Å²) < 4.78 is 0. The third-order valence-electron chi connectivity index (χ3n) is 4.77. The smallest absolute Gasteiger partial charge is 0.142 e. The van der Waals surface area contributed by atoms with Crippen LogP contribution in [0, 0.1) is 17.8 Å². The normalized spacial score (nSPS) is 30.1. The quantitative estimate of drug-likeness (QED) is 0.870. The third kappa shape index (κ3) is 1.59. The highest BCUT2D eigenvalue weighted by molar-refractivity contribution is 5.86. The van der Waals surface area contributed by atoms with Crippen molar-refractivity contribution >= 4 is 16.9 Å². The molecule has 0 saturated heterocycles. The van der Waals surface area contributed by atoms with Gasteiger partial charge < -0.3 is 10.3 Å². The Morgan fingerprint density at radius 3 is 3.11 bits per heavy atom. The van der Waals surface area contributed by atoms with Crippen LogP contribution in [0.25, 0.3) is 11.0 Å². The van der Waals surface area contributed by atoms with E-state index in [1.54, 1.807) is 6.33 Å². The van der Waals surface area contributed by atoms with E-state index in [0.717, 1.165) is 41.1 Å². The van der Waals surface area contributed by atoms with Crippen molar-refractivity contribution in [2.75, 3.05) is 11.9 Å². The van der Waals surface area contributed by atoms with Gasteiger partial charge >= 0.3 is 0 Å². The van der Waals surface area contributed by atoms with Gasteiger partial charge in [-0.05, 0) is 43.1 Å². The topological polar surface area (TPSA) is 53.6 Å². The van der Waals surface area contributed by atoms with Gasteiger partial charge in [-0.15, -0.1) is 0 Å². The fourth-order valence-corrected chi connectivity index (χ4v) is 3.87. The number of nitrogens with zero attached hydrogens (tertiary/aromatic N) is 2. The zero-order valence-corrected chi connectivity index (χ0v) is 10.4. The molecule has 3 unspecified atom stereocenters. The maximum atomic E-state index is 4.36. The van der Waals surface area contributed by atoms with Crippen LogP contribution < -0.4 is 5.32 Å². The summed E-state index contributed by atoms with van der Waals surface area (Å²) in [7, 11) is 0. The number of fused-ring (bicyclic) bond motifs is 3. The molecule has 2 aliphatic rings. The van der Waals surface area contributed by atoms with Gasteiger partial charge in [0.2, 0.25) is 0 Å². The van der Waals surface area contributed by atoms with Crippen molar-refractivity contribution in [3.63, 3.8) is 0 Å². The van der Waals surface area contributed by atoms with Crippen LogP contribution in [0.15, 0.2) is 18.6 Å². The van der Waals surface area contributed by atoms with E-state index in [4.69, 9.17) is 0 Å². The SMILES string of the molecule is c1nc(NCC2CC3CCC2C3)c2cc[nH]c2n1. The summed E-state index contributed by atoms with van der Waals surface area (Å²) in [6.45, 7) is 1.07. The molecule has 2 fully saturated rings. The second-order valence-electron chi connectivity index (χ2n) is 5.78. The number of aromatic amines is 1. The van der Waals surface area contributed by atoms with E-state index in [0.29, 0.717) is 0 Å². The molecule has 0 aromatic carbocycles. The summed E-state index contributed by atoms with van der Waals surface area (Å²) in [6, 6.07) is 2.04. The van der Waals surface area contributed by atoms with Crippen LogP contribution in [0.3, 0.4) is 0 Å². The monoisotopic (exact) mass is 242 g/mol. The van der Waals surface area contributed by atoms with E-state index in [1.165, 1.54) is 25.7 Å². The van der Waals surface area contributed by atoms with E-state index in [2.05, 4.69) is 20.3 Å². The molecular weight excluding hydrogens is 224 g/mol. The van der Waals surface area contributed by atoms with Crippen LogP contribution in [0.5, 0.6) is 0 Å². The Labute approximate surface area is 106 Å². The van der Waals surface area contributed by atoms with E-state index < -0.39 is 0 Å². The van der Waals surface area contributed by atoms with Gasteiger partial charge in [-0.1, -0.05) is 6.42 Å². The first kappa shape index (κ1) is 10.4. The van der Waals surface area contributed by atoms with Gasteiger partial charge in [-0.25, -0.2) is 9.97 Å². The highest BCUT2D eigenvalue weighted by Crippen LogP contribution is 2.48. The molecular formula is C14H18N4. The first-order valence-corrected chi connectivity index (χ1v) is 6.92. The molecule has 2 bridgehead atoms. The minimum absolute atomic E-state index is 0.854. The molecule has 2 aromatic heterocycles. The summed E-state index contributed by atoms with van der Waals surface area (Å²) in [5.41, 5.74) is 0.917. The largest absolute Gasteiger partial charge is 0.369 e. The van der Waals surface area contributed by atoms with Gasteiger partial charge in [0.05, 0.1) is 5.39 Å². The van der Waals surface area contributed by atoms with Gasteiger partial charge in [0, 0.05) is 12.7 Å². The molecule has 2 aliphatic carbocycles. The second-order valence-corrected chi connectivity index (χ2v) is 5.78. The van der Waals surface area contributed by atoms with Crippen molar-refractivity contribution in [3.05, 3.63) is 18.6 Å². The Kier molecular flexibility index (Phi) is 2.28. The Morgan fingerprint density at radius 2 is 2.28 bits per heavy atom. The summed E-state index contributed by atoms with van der Waals surface area (Å²) >= 11 is 0. The highest BCUT2D eigenvalue weighted by Gasteiger charge is 2.39. The fraction of sp³-hybridized carbons (Fsp3) is 0.571. The molecule has 2 aromatic rings. The summed E-state index contributed by atoms with van der Waals surface area (Å²) in [6.07, 6.45) is 9.34. The maximum absolute atomic E-state index is 4.36. The molecule has 18 heavy (non-hydrogen) atoms. The number of anilines is 1. The number of H-pyrrole nitrogens is 1. The fourth-order valence-electron chi connectivity index (χ4n) is 3.87. The average Bonchev–Trinajstić information content (AvgIpc) is 3.11. The molecule has 2 N–H and O–H groups in total. The minimum atomic E-state index is 0.854. The van der Waals surface area contributed by atoms with Crippen molar-refractivity contribution in [1.82, 2.24) is 15.0 Å². The molecule has 0 amide bonds. The van der Waals surface area contributed by atoms with Gasteiger partial charge in [0.15, 0.2) is 0 Å². The molecule has 4 nitrogen and oxygen atoms in total. The predicted octanol–water partition coefficient (Wildman–Crippen LogP) is 2.81. The molecule has 0 aliphatic heterocycles. The average molecular weight is 242 g/mol. The Bertz CT molecular complexity index is 562. The third-order valence-corrected chi connectivity index (χ3v) is 4.77. The highest BCUT2D eigenvalue weighted by atomic mass is 15.0. The van der Waals surface area contributed by atoms with E-state index in [9.17, 15) is 0 Å². The van der Waals surface area contributed by atoms with Gasteiger partial charge in [0.1, 0.15) is 17.8 Å². The lowest BCUT2D eigenvalue weighted by molar-refractivity contribution is 0.348. The molecule has 3 atom stereocenters. The minimum Gasteiger partial charge on any atom is -0.369 e. The standard InChI is InChI=1S/C14H18N4/c1-2-10-5-9(1)6-11(10)7-16-14-12-3-4-15-13(12)17-8-18-14/h3-4,8-11H,1-2,5-7H2,(H2,15,16,17,18). The lowest BCUT2D eigenvalue weighted by atomic mass is 9.89. The molecule has 4 rings (SSSR count). The van der Waals surface area contributed by atoms with Gasteiger partial charge in [-0.3, -0.25) is 0 Å². The van der Waals surface area contributed by atoms with E-state index in [-0.39, 0.29) is 0 Å². The first-order valence-electron chi connectivity index (χ1n) is 6.92. The van der Waals surface area contributed by atoms with E-state index in [1.807, 2.05) is 12.3 Å². The van der Waals surface area contributed by atoms with Crippen LogP contribution in [0.4, 0.5) is 5.82 Å². The van der Waals surface area contributed by atoms with E-state index >= 15 is 0 Å². The molecule has 4 heteroatoms. The van der Waals surface area contributed by atoms with Crippen LogP contribution in [0.2, 0.25) is 0 Å². The number of hydrogen-bond donors (Lipinski definition) is 2. The maximum Gasteiger partial charge on any atom is 0.142 e. The van der Waals surface area contributed by atoms with Crippen molar-refractivity contribution < 1.29 is 0 Å². The first-order chi connectivity index (χ1) is 8.90. The lowest BCUT2D eigenvalue weighted by Crippen LogP contribution is -2.20. The van der Waals surface area contributed by atoms with Crippen molar-refractivity contribution in [1.29, 1.82) is 0 Å². The Balaban J connectivity index is 1.50.